The first kappa shape index (κ1) is 11.3. The van der Waals surface area contributed by atoms with E-state index in [1.54, 1.807) is 6.34 Å². The van der Waals surface area contributed by atoms with Gasteiger partial charge in [0.1, 0.15) is 0 Å². The predicted molar refractivity (Wildman–Crippen MR) is 35.7 cm³/mol. The Balaban J connectivity index is 0. The normalized spacial score (nSPS) is 13.7. The van der Waals surface area contributed by atoms with Gasteiger partial charge in [-0.3, -0.25) is 4.99 Å². The van der Waals surface area contributed by atoms with Gasteiger partial charge < -0.3 is 5.32 Å². The van der Waals surface area contributed by atoms with Crippen molar-refractivity contribution >= 4 is 65.5 Å². The van der Waals surface area contributed by atoms with Gasteiger partial charge in [0.25, 0.3) is 0 Å². The summed E-state index contributed by atoms with van der Waals surface area (Å²) in [7, 11) is 0. The molecule has 0 fully saturated rings. The SMILES string of the molecule is C1=NCCN1.[NaH].[NaH]. The van der Waals surface area contributed by atoms with Crippen molar-refractivity contribution in [1.29, 1.82) is 0 Å². The van der Waals surface area contributed by atoms with Crippen molar-refractivity contribution in [3.05, 3.63) is 0 Å². The average molecular weight is 118 g/mol. The molecule has 0 saturated carbocycles. The summed E-state index contributed by atoms with van der Waals surface area (Å²) >= 11 is 0. The van der Waals surface area contributed by atoms with Crippen LogP contribution in [0.1, 0.15) is 0 Å². The number of rotatable bonds is 0. The van der Waals surface area contributed by atoms with Crippen molar-refractivity contribution in [2.24, 2.45) is 4.99 Å². The summed E-state index contributed by atoms with van der Waals surface area (Å²) < 4.78 is 0. The van der Waals surface area contributed by atoms with Crippen LogP contribution in [0.25, 0.3) is 0 Å². The summed E-state index contributed by atoms with van der Waals surface area (Å²) in [5.74, 6) is 0. The van der Waals surface area contributed by atoms with E-state index in [-0.39, 0.29) is 59.1 Å². The molecule has 4 heteroatoms. The Bertz CT molecular complexity index is 48.9. The van der Waals surface area contributed by atoms with Crippen LogP contribution in [-0.2, 0) is 0 Å². The van der Waals surface area contributed by atoms with E-state index < -0.39 is 0 Å². The molecule has 1 aliphatic heterocycles. The molecule has 32 valence electrons. The summed E-state index contributed by atoms with van der Waals surface area (Å²) in [5, 5.41) is 2.93. The standard InChI is InChI=1S/C3H6N2.2Na.2H/c1-2-5-3-4-1;;;;/h3H,1-2H2,(H,4,5);;;;. The summed E-state index contributed by atoms with van der Waals surface area (Å²) in [6.07, 6.45) is 1.74. The molecular weight excluding hydrogens is 110 g/mol. The summed E-state index contributed by atoms with van der Waals surface area (Å²) in [4.78, 5) is 3.85. The quantitative estimate of drug-likeness (QED) is 0.377. The van der Waals surface area contributed by atoms with Gasteiger partial charge in [-0.05, 0) is 0 Å². The number of hydrogen-bond donors (Lipinski definition) is 1. The Morgan fingerprint density at radius 2 is 2.14 bits per heavy atom. The van der Waals surface area contributed by atoms with Crippen LogP contribution in [-0.4, -0.2) is 78.5 Å². The van der Waals surface area contributed by atoms with Gasteiger partial charge in [0.2, 0.25) is 0 Å². The van der Waals surface area contributed by atoms with Crippen molar-refractivity contribution in [3.63, 3.8) is 0 Å². The second kappa shape index (κ2) is 7.47. The number of hydrogen-bond acceptors (Lipinski definition) is 2. The number of nitrogens with one attached hydrogen (secondary N) is 1. The van der Waals surface area contributed by atoms with E-state index in [1.165, 1.54) is 0 Å². The van der Waals surface area contributed by atoms with E-state index in [4.69, 9.17) is 0 Å². The molecule has 0 unspecified atom stereocenters. The molecule has 0 aromatic heterocycles. The van der Waals surface area contributed by atoms with E-state index in [2.05, 4.69) is 10.3 Å². The zero-order valence-electron chi connectivity index (χ0n) is 2.94. The van der Waals surface area contributed by atoms with E-state index >= 15 is 0 Å². The van der Waals surface area contributed by atoms with E-state index in [0.717, 1.165) is 13.1 Å². The molecule has 0 atom stereocenters. The monoisotopic (exact) mass is 118 g/mol. The number of nitrogens with zero attached hydrogens (tertiary/aromatic N) is 1. The van der Waals surface area contributed by atoms with Crippen LogP contribution >= 0.6 is 0 Å². The molecular formula is C3H8N2Na2. The first-order valence-electron chi connectivity index (χ1n) is 1.72. The topological polar surface area (TPSA) is 24.4 Å². The molecule has 0 radical (unpaired) electrons. The van der Waals surface area contributed by atoms with Crippen LogP contribution in [0.15, 0.2) is 4.99 Å². The second-order valence-corrected chi connectivity index (χ2v) is 0.989. The van der Waals surface area contributed by atoms with Gasteiger partial charge >= 0.3 is 59.1 Å². The first-order chi connectivity index (χ1) is 2.50. The summed E-state index contributed by atoms with van der Waals surface area (Å²) in [5.41, 5.74) is 0. The molecule has 1 N–H and O–H groups in total. The zero-order valence-corrected chi connectivity index (χ0v) is 2.94. The van der Waals surface area contributed by atoms with Gasteiger partial charge in [-0.15, -0.1) is 0 Å². The van der Waals surface area contributed by atoms with Gasteiger partial charge in [-0.2, -0.15) is 0 Å². The van der Waals surface area contributed by atoms with Crippen LogP contribution in [0, 0.1) is 0 Å². The molecule has 1 aliphatic rings. The maximum absolute atomic E-state index is 3.85. The summed E-state index contributed by atoms with van der Waals surface area (Å²) in [6.45, 7) is 1.99. The molecule has 0 saturated heterocycles. The van der Waals surface area contributed by atoms with Crippen LogP contribution in [0.2, 0.25) is 0 Å². The summed E-state index contributed by atoms with van der Waals surface area (Å²) in [6, 6.07) is 0. The predicted octanol–water partition coefficient (Wildman–Crippen LogP) is -1.68. The third-order valence-electron chi connectivity index (χ3n) is 0.568. The van der Waals surface area contributed by atoms with Crippen LogP contribution in [0.5, 0.6) is 0 Å². The Hall–Kier alpha value is 1.47. The molecule has 0 aromatic rings. The van der Waals surface area contributed by atoms with Crippen molar-refractivity contribution in [2.75, 3.05) is 13.1 Å². The van der Waals surface area contributed by atoms with Gasteiger partial charge in [0.15, 0.2) is 0 Å². The first-order valence-corrected chi connectivity index (χ1v) is 1.72. The van der Waals surface area contributed by atoms with Crippen LogP contribution in [0.3, 0.4) is 0 Å². The minimum atomic E-state index is 0. The fourth-order valence-electron chi connectivity index (χ4n) is 0.323. The molecule has 0 aliphatic carbocycles. The van der Waals surface area contributed by atoms with Gasteiger partial charge in [-0.25, -0.2) is 0 Å². The van der Waals surface area contributed by atoms with Crippen molar-refractivity contribution in [3.8, 4) is 0 Å². The molecule has 0 bridgehead atoms. The maximum atomic E-state index is 3.85. The average Bonchev–Trinajstić information content (AvgIpc) is 1.76. The van der Waals surface area contributed by atoms with Crippen molar-refractivity contribution in [1.82, 2.24) is 5.32 Å². The van der Waals surface area contributed by atoms with Crippen LogP contribution in [0.4, 0.5) is 0 Å². The molecule has 1 heterocycles. The van der Waals surface area contributed by atoms with E-state index in [9.17, 15) is 0 Å². The molecule has 2 nitrogen and oxygen atoms in total. The van der Waals surface area contributed by atoms with Gasteiger partial charge in [0, 0.05) is 6.54 Å². The molecule has 7 heavy (non-hydrogen) atoms. The second-order valence-electron chi connectivity index (χ2n) is 0.989. The van der Waals surface area contributed by atoms with E-state index in [0.29, 0.717) is 0 Å². The molecule has 0 spiro atoms. The van der Waals surface area contributed by atoms with Gasteiger partial charge in [0.05, 0.1) is 12.9 Å². The van der Waals surface area contributed by atoms with Gasteiger partial charge in [-0.1, -0.05) is 0 Å². The third-order valence-corrected chi connectivity index (χ3v) is 0.568. The van der Waals surface area contributed by atoms with Crippen LogP contribution < -0.4 is 5.32 Å². The Morgan fingerprint density at radius 1 is 1.43 bits per heavy atom. The Morgan fingerprint density at radius 3 is 2.29 bits per heavy atom. The molecule has 1 rings (SSSR count). The Labute approximate surface area is 87.7 Å². The number of aliphatic imine (C=N–C) groups is 1. The van der Waals surface area contributed by atoms with Crippen molar-refractivity contribution in [2.45, 2.75) is 0 Å². The van der Waals surface area contributed by atoms with E-state index in [1.807, 2.05) is 0 Å². The fourth-order valence-corrected chi connectivity index (χ4v) is 0.323. The Kier molecular flexibility index (Phi) is 12.0. The molecule has 0 amide bonds. The zero-order chi connectivity index (χ0) is 3.54. The minimum absolute atomic E-state index is 0. The fraction of sp³-hybridized carbons (Fsp3) is 0.667. The molecule has 0 aromatic carbocycles. The van der Waals surface area contributed by atoms with Crippen molar-refractivity contribution < 1.29 is 0 Å². The third kappa shape index (κ3) is 5.34.